The van der Waals surface area contributed by atoms with Gasteiger partial charge in [-0.3, -0.25) is 0 Å². The normalized spacial score (nSPS) is 34.5. The van der Waals surface area contributed by atoms with E-state index in [0.717, 1.165) is 23.7 Å². The molecule has 0 saturated heterocycles. The van der Waals surface area contributed by atoms with Crippen LogP contribution in [0.4, 0.5) is 0 Å². The molecule has 19 heavy (non-hydrogen) atoms. The number of halogens is 3. The second-order valence-electron chi connectivity index (χ2n) is 5.83. The molecule has 108 valence electrons. The Hall–Kier alpha value is 1.06. The summed E-state index contributed by atoms with van der Waals surface area (Å²) < 4.78 is 0. The maximum atomic E-state index is 4.97. The first-order valence-electron chi connectivity index (χ1n) is 6.78. The average Bonchev–Trinajstić information content (AvgIpc) is 2.60. The molecule has 2 rings (SSSR count). The molecule has 0 N–H and O–H groups in total. The molecule has 0 aromatic carbocycles. The van der Waals surface area contributed by atoms with Crippen molar-refractivity contribution in [1.82, 2.24) is 0 Å². The van der Waals surface area contributed by atoms with Crippen LogP contribution >= 0.6 is 27.9 Å². The van der Waals surface area contributed by atoms with E-state index in [1.54, 1.807) is 17.1 Å². The van der Waals surface area contributed by atoms with Crippen molar-refractivity contribution < 1.29 is 14.7 Å². The van der Waals surface area contributed by atoms with Crippen LogP contribution in [0.2, 0.25) is 0 Å². The summed E-state index contributed by atoms with van der Waals surface area (Å²) >= 11 is -1.92. The third-order valence-corrected chi connectivity index (χ3v) is 5.03. The first kappa shape index (κ1) is 18.1. The monoisotopic (exact) mass is 356 g/mol. The van der Waals surface area contributed by atoms with Gasteiger partial charge in [0.15, 0.2) is 0 Å². The van der Waals surface area contributed by atoms with Crippen molar-refractivity contribution in [1.29, 1.82) is 0 Å². The van der Waals surface area contributed by atoms with Crippen LogP contribution in [0.5, 0.6) is 0 Å². The summed E-state index contributed by atoms with van der Waals surface area (Å²) in [6.07, 6.45) is 2.42. The van der Waals surface area contributed by atoms with Gasteiger partial charge in [-0.05, 0) is 36.2 Å². The first-order chi connectivity index (χ1) is 8.68. The van der Waals surface area contributed by atoms with Crippen molar-refractivity contribution in [3.05, 3.63) is 28.7 Å². The summed E-state index contributed by atoms with van der Waals surface area (Å²) in [4.78, 5) is 0. The molecule has 0 saturated carbocycles. The second kappa shape index (κ2) is 7.36. The van der Waals surface area contributed by atoms with Gasteiger partial charge in [0, 0.05) is 5.92 Å². The molecule has 0 amide bonds. The third-order valence-electron chi connectivity index (χ3n) is 5.03. The van der Waals surface area contributed by atoms with E-state index < -0.39 is 14.7 Å². The van der Waals surface area contributed by atoms with Crippen molar-refractivity contribution in [2.45, 2.75) is 41.5 Å². The average molecular weight is 358 g/mol. The summed E-state index contributed by atoms with van der Waals surface area (Å²) in [7, 11) is 14.9. The van der Waals surface area contributed by atoms with Gasteiger partial charge in [0.25, 0.3) is 0 Å². The van der Waals surface area contributed by atoms with Crippen LogP contribution in [0, 0.1) is 29.6 Å². The molecule has 2 aliphatic rings. The molecule has 0 nitrogen and oxygen atoms in total. The Morgan fingerprint density at radius 2 is 1.32 bits per heavy atom. The Morgan fingerprint density at radius 3 is 1.79 bits per heavy atom. The van der Waals surface area contributed by atoms with Crippen LogP contribution in [0.1, 0.15) is 41.5 Å². The number of rotatable bonds is 0. The molecular formula is C15H23Cl3Ti. The zero-order valence-electron chi connectivity index (χ0n) is 12.5. The van der Waals surface area contributed by atoms with E-state index in [1.165, 1.54) is 5.57 Å². The van der Waals surface area contributed by atoms with E-state index in [4.69, 9.17) is 27.9 Å². The first-order valence-corrected chi connectivity index (χ1v) is 13.2. The predicted molar refractivity (Wildman–Crippen MR) is 83.9 cm³/mol. The topological polar surface area (TPSA) is 0 Å². The van der Waals surface area contributed by atoms with Gasteiger partial charge in [0.05, 0.1) is 0 Å². The Bertz CT molecular complexity index is 384. The molecule has 0 aromatic heterocycles. The Labute approximate surface area is 136 Å². The molecule has 0 bridgehead atoms. The molecule has 1 radical (unpaired) electrons. The molecule has 2 aliphatic carbocycles. The number of allylic oxidation sites excluding steroid dienone is 4. The van der Waals surface area contributed by atoms with E-state index in [-0.39, 0.29) is 0 Å². The molecule has 4 heteroatoms. The predicted octanol–water partition coefficient (Wildman–Crippen LogP) is 6.46. The maximum absolute atomic E-state index is 4.97. The standard InChI is InChI=1S/C15H23.3ClH.Ti/c1-8-7-14-12(5)10(3)11(4)13(6)15(14)9(8)2;;;;/h7,10-13H,1-6H3;3*1H;/q;;;;+3/p-3. The fourth-order valence-corrected chi connectivity index (χ4v) is 3.29. The van der Waals surface area contributed by atoms with Crippen LogP contribution in [0.25, 0.3) is 0 Å². The summed E-state index contributed by atoms with van der Waals surface area (Å²) in [6.45, 7) is 14.2. The van der Waals surface area contributed by atoms with Gasteiger partial charge in [-0.25, -0.2) is 0 Å². The summed E-state index contributed by atoms with van der Waals surface area (Å²) in [5.41, 5.74) is 4.77. The number of hydrogen-bond donors (Lipinski definition) is 0. The van der Waals surface area contributed by atoms with Crippen LogP contribution in [-0.2, 0) is 14.7 Å². The van der Waals surface area contributed by atoms with Gasteiger partial charge < -0.3 is 0 Å². The van der Waals surface area contributed by atoms with Crippen LogP contribution in [0.3, 0.4) is 0 Å². The molecule has 0 aromatic rings. The Morgan fingerprint density at radius 1 is 0.895 bits per heavy atom. The fourth-order valence-electron chi connectivity index (χ4n) is 3.29. The van der Waals surface area contributed by atoms with Crippen molar-refractivity contribution in [3.8, 4) is 0 Å². The van der Waals surface area contributed by atoms with Crippen molar-refractivity contribution in [2.24, 2.45) is 23.7 Å². The molecule has 0 spiro atoms. The van der Waals surface area contributed by atoms with E-state index in [0.29, 0.717) is 0 Å². The summed E-state index contributed by atoms with van der Waals surface area (Å²) in [5.74, 6) is 4.64. The van der Waals surface area contributed by atoms with Crippen LogP contribution < -0.4 is 0 Å². The Balaban J connectivity index is 0.000000399. The van der Waals surface area contributed by atoms with Crippen LogP contribution in [0.15, 0.2) is 22.8 Å². The zero-order chi connectivity index (χ0) is 14.9. The molecule has 0 aliphatic heterocycles. The molecule has 4 unspecified atom stereocenters. The van der Waals surface area contributed by atoms with Gasteiger partial charge in [-0.1, -0.05) is 51.8 Å². The molecular weight excluding hydrogens is 334 g/mol. The molecule has 0 fully saturated rings. The second-order valence-corrected chi connectivity index (χ2v) is 13.6. The quantitative estimate of drug-likeness (QED) is 0.436. The summed E-state index contributed by atoms with van der Waals surface area (Å²) in [6, 6.07) is 0. The van der Waals surface area contributed by atoms with Gasteiger partial charge in [-0.15, -0.1) is 0 Å². The van der Waals surface area contributed by atoms with Gasteiger partial charge in [-0.2, -0.15) is 0 Å². The molecule has 4 atom stereocenters. The van der Waals surface area contributed by atoms with E-state index in [9.17, 15) is 0 Å². The molecule has 0 heterocycles. The van der Waals surface area contributed by atoms with Crippen molar-refractivity contribution >= 4 is 27.9 Å². The van der Waals surface area contributed by atoms with Gasteiger partial charge in [0.2, 0.25) is 0 Å². The SMILES string of the molecule is C[C]1C(C)=CC2=C1C(C)C(C)C(C)C2C.[Cl][Ti]([Cl])[Cl]. The minimum atomic E-state index is -1.92. The minimum absolute atomic E-state index is 0.735. The van der Waals surface area contributed by atoms with Crippen molar-refractivity contribution in [3.63, 3.8) is 0 Å². The Kier molecular flexibility index (Phi) is 7.02. The van der Waals surface area contributed by atoms with E-state index in [1.807, 2.05) is 0 Å². The third kappa shape index (κ3) is 4.04. The number of hydrogen-bond acceptors (Lipinski definition) is 0. The van der Waals surface area contributed by atoms with E-state index in [2.05, 4.69) is 47.6 Å². The van der Waals surface area contributed by atoms with E-state index >= 15 is 0 Å². The van der Waals surface area contributed by atoms with Crippen molar-refractivity contribution in [2.75, 3.05) is 0 Å². The zero-order valence-corrected chi connectivity index (χ0v) is 16.3. The van der Waals surface area contributed by atoms with Gasteiger partial charge >= 0.3 is 42.6 Å². The fraction of sp³-hybridized carbons (Fsp3) is 0.667. The summed E-state index contributed by atoms with van der Waals surface area (Å²) in [5, 5.41) is 0. The van der Waals surface area contributed by atoms with Crippen LogP contribution in [-0.4, -0.2) is 0 Å². The van der Waals surface area contributed by atoms with Gasteiger partial charge in [0.1, 0.15) is 0 Å².